The zero-order valence-corrected chi connectivity index (χ0v) is 13.3. The van der Waals surface area contributed by atoms with E-state index >= 15 is 0 Å². The summed E-state index contributed by atoms with van der Waals surface area (Å²) in [6.07, 6.45) is 7.17. The summed E-state index contributed by atoms with van der Waals surface area (Å²) in [5.74, 6) is 0.661. The number of thiocarbonyl (C=S) groups is 1. The van der Waals surface area contributed by atoms with E-state index in [9.17, 15) is 4.79 Å². The Morgan fingerprint density at radius 2 is 2.00 bits per heavy atom. The molecule has 0 unspecified atom stereocenters. The van der Waals surface area contributed by atoms with Gasteiger partial charge < -0.3 is 4.42 Å². The third-order valence-electron chi connectivity index (χ3n) is 3.10. The molecule has 1 aromatic carbocycles. The highest BCUT2D eigenvalue weighted by molar-refractivity contribution is 8.23. The molecule has 1 fully saturated rings. The largest absolute Gasteiger partial charge is 0.467 e. The molecule has 0 spiro atoms. The second-order valence-corrected chi connectivity index (χ2v) is 6.35. The molecule has 5 heteroatoms. The molecule has 2 heterocycles. The smallest absolute Gasteiger partial charge is 0.266 e. The predicted octanol–water partition coefficient (Wildman–Crippen LogP) is 4.24. The summed E-state index contributed by atoms with van der Waals surface area (Å²) in [5, 5.41) is 0. The van der Waals surface area contributed by atoms with E-state index in [0.717, 1.165) is 11.3 Å². The second-order valence-electron chi connectivity index (χ2n) is 4.65. The molecular formula is C17H13NO2S2. The van der Waals surface area contributed by atoms with Crippen molar-refractivity contribution in [2.75, 3.05) is 0 Å². The minimum atomic E-state index is -0.0795. The average Bonchev–Trinajstić information content (AvgIpc) is 3.12. The van der Waals surface area contributed by atoms with Crippen molar-refractivity contribution in [2.45, 2.75) is 6.54 Å². The standard InChI is InChI=1S/C17H13NO2S2/c19-16-15(10-4-8-13-6-2-1-3-7-13)17(21)22-18(16)12-14-9-5-11-20-14/h1-11H,12H2/b8-4-,15-10+. The Hall–Kier alpha value is -2.11. The van der Waals surface area contributed by atoms with E-state index in [1.54, 1.807) is 22.7 Å². The lowest BCUT2D eigenvalue weighted by Gasteiger charge is -2.10. The molecule has 0 N–H and O–H groups in total. The Labute approximate surface area is 138 Å². The van der Waals surface area contributed by atoms with E-state index in [2.05, 4.69) is 0 Å². The maximum Gasteiger partial charge on any atom is 0.266 e. The van der Waals surface area contributed by atoms with Gasteiger partial charge in [0, 0.05) is 11.9 Å². The first-order valence-corrected chi connectivity index (χ1v) is 7.92. The van der Waals surface area contributed by atoms with Crippen molar-refractivity contribution >= 4 is 40.3 Å². The van der Waals surface area contributed by atoms with Crippen LogP contribution in [0.15, 0.2) is 70.9 Å². The first kappa shape index (κ1) is 14.8. The van der Waals surface area contributed by atoms with E-state index < -0.39 is 0 Å². The number of furan rings is 1. The summed E-state index contributed by atoms with van der Waals surface area (Å²) < 4.78 is 7.48. The lowest BCUT2D eigenvalue weighted by atomic mass is 10.2. The summed E-state index contributed by atoms with van der Waals surface area (Å²) in [6.45, 7) is 0.413. The minimum Gasteiger partial charge on any atom is -0.467 e. The molecule has 22 heavy (non-hydrogen) atoms. The fourth-order valence-corrected chi connectivity index (χ4v) is 3.27. The van der Waals surface area contributed by atoms with Gasteiger partial charge >= 0.3 is 0 Å². The van der Waals surface area contributed by atoms with Crippen LogP contribution in [0.2, 0.25) is 0 Å². The number of amides is 1. The highest BCUT2D eigenvalue weighted by atomic mass is 32.2. The molecule has 1 aliphatic heterocycles. The number of nitrogens with zero attached hydrogens (tertiary/aromatic N) is 1. The van der Waals surface area contributed by atoms with Gasteiger partial charge in [0.15, 0.2) is 0 Å². The maximum absolute atomic E-state index is 12.4. The van der Waals surface area contributed by atoms with Crippen LogP contribution >= 0.6 is 24.2 Å². The lowest BCUT2D eigenvalue weighted by molar-refractivity contribution is -0.121. The lowest BCUT2D eigenvalue weighted by Crippen LogP contribution is -2.18. The van der Waals surface area contributed by atoms with Crippen molar-refractivity contribution < 1.29 is 9.21 Å². The van der Waals surface area contributed by atoms with Crippen LogP contribution in [0.4, 0.5) is 0 Å². The number of carbonyl (C=O) groups excluding carboxylic acids is 1. The van der Waals surface area contributed by atoms with Crippen LogP contribution < -0.4 is 0 Å². The van der Waals surface area contributed by atoms with Crippen molar-refractivity contribution in [3.05, 3.63) is 77.8 Å². The highest BCUT2D eigenvalue weighted by Crippen LogP contribution is 2.31. The molecular weight excluding hydrogens is 314 g/mol. The minimum absolute atomic E-state index is 0.0795. The molecule has 0 radical (unpaired) electrons. The first-order chi connectivity index (χ1) is 10.7. The van der Waals surface area contributed by atoms with Gasteiger partial charge in [-0.25, -0.2) is 0 Å². The Balaban J connectivity index is 1.71. The maximum atomic E-state index is 12.4. The molecule has 0 saturated carbocycles. The van der Waals surface area contributed by atoms with Gasteiger partial charge in [0.05, 0.1) is 18.4 Å². The first-order valence-electron chi connectivity index (χ1n) is 6.74. The molecule has 3 nitrogen and oxygen atoms in total. The van der Waals surface area contributed by atoms with Gasteiger partial charge in [0.25, 0.3) is 5.91 Å². The van der Waals surface area contributed by atoms with Gasteiger partial charge in [-0.1, -0.05) is 54.7 Å². The van der Waals surface area contributed by atoms with Crippen LogP contribution in [0.25, 0.3) is 6.08 Å². The zero-order chi connectivity index (χ0) is 15.4. The summed E-state index contributed by atoms with van der Waals surface area (Å²) in [5.41, 5.74) is 1.63. The van der Waals surface area contributed by atoms with Crippen molar-refractivity contribution in [1.29, 1.82) is 0 Å². The Morgan fingerprint density at radius 1 is 1.18 bits per heavy atom. The van der Waals surface area contributed by atoms with E-state index in [0.29, 0.717) is 16.3 Å². The van der Waals surface area contributed by atoms with Crippen LogP contribution in [0, 0.1) is 0 Å². The van der Waals surface area contributed by atoms with Gasteiger partial charge in [0.1, 0.15) is 9.96 Å². The van der Waals surface area contributed by atoms with Crippen molar-refractivity contribution in [3.63, 3.8) is 0 Å². The molecule has 0 bridgehead atoms. The van der Waals surface area contributed by atoms with Crippen LogP contribution in [-0.4, -0.2) is 14.4 Å². The summed E-state index contributed by atoms with van der Waals surface area (Å²) in [7, 11) is 0. The SMILES string of the molecule is O=C1/C(=C\C=C/c2ccccc2)C(=S)SN1Cc1ccco1. The molecule has 110 valence electrons. The molecule has 1 amide bonds. The van der Waals surface area contributed by atoms with Gasteiger partial charge in [0.2, 0.25) is 0 Å². The Bertz CT molecular complexity index is 733. The third kappa shape index (κ3) is 3.37. The van der Waals surface area contributed by atoms with E-state index in [-0.39, 0.29) is 5.91 Å². The number of hydrogen-bond acceptors (Lipinski definition) is 4. The fraction of sp³-hybridized carbons (Fsp3) is 0.0588. The second kappa shape index (κ2) is 6.77. The summed E-state index contributed by atoms with van der Waals surface area (Å²) in [4.78, 5) is 12.4. The van der Waals surface area contributed by atoms with E-state index in [1.165, 1.54) is 11.9 Å². The quantitative estimate of drug-likeness (QED) is 0.478. The molecule has 0 atom stereocenters. The Kier molecular flexibility index (Phi) is 4.56. The van der Waals surface area contributed by atoms with E-state index in [1.807, 2.05) is 48.6 Å². The van der Waals surface area contributed by atoms with Crippen LogP contribution in [0.5, 0.6) is 0 Å². The summed E-state index contributed by atoms with van der Waals surface area (Å²) >= 11 is 6.57. The van der Waals surface area contributed by atoms with Gasteiger partial charge in [-0.15, -0.1) is 0 Å². The van der Waals surface area contributed by atoms with Crippen molar-refractivity contribution in [2.24, 2.45) is 0 Å². The number of rotatable bonds is 4. The monoisotopic (exact) mass is 327 g/mol. The molecule has 1 aliphatic rings. The van der Waals surface area contributed by atoms with Crippen molar-refractivity contribution in [1.82, 2.24) is 4.31 Å². The Morgan fingerprint density at radius 3 is 2.73 bits per heavy atom. The van der Waals surface area contributed by atoms with Crippen LogP contribution in [0.1, 0.15) is 11.3 Å². The molecule has 1 saturated heterocycles. The molecule has 3 rings (SSSR count). The average molecular weight is 327 g/mol. The highest BCUT2D eigenvalue weighted by Gasteiger charge is 2.32. The van der Waals surface area contributed by atoms with Crippen molar-refractivity contribution in [3.8, 4) is 0 Å². The van der Waals surface area contributed by atoms with Crippen LogP contribution in [-0.2, 0) is 11.3 Å². The van der Waals surface area contributed by atoms with Gasteiger partial charge in [-0.05, 0) is 23.8 Å². The third-order valence-corrected chi connectivity index (χ3v) is 4.45. The topological polar surface area (TPSA) is 33.5 Å². The summed E-state index contributed by atoms with van der Waals surface area (Å²) in [6, 6.07) is 13.6. The number of benzene rings is 1. The number of allylic oxidation sites excluding steroid dienone is 2. The van der Waals surface area contributed by atoms with Crippen LogP contribution in [0.3, 0.4) is 0 Å². The zero-order valence-electron chi connectivity index (χ0n) is 11.6. The number of hydrogen-bond donors (Lipinski definition) is 0. The van der Waals surface area contributed by atoms with Gasteiger partial charge in [-0.3, -0.25) is 9.10 Å². The fourth-order valence-electron chi connectivity index (χ4n) is 2.02. The number of carbonyl (C=O) groups is 1. The molecule has 1 aromatic heterocycles. The normalized spacial score (nSPS) is 17.1. The van der Waals surface area contributed by atoms with Gasteiger partial charge in [-0.2, -0.15) is 0 Å². The molecule has 0 aliphatic carbocycles. The van der Waals surface area contributed by atoms with E-state index in [4.69, 9.17) is 16.6 Å². The predicted molar refractivity (Wildman–Crippen MR) is 93.0 cm³/mol. The molecule has 2 aromatic rings.